The first-order valence-corrected chi connectivity index (χ1v) is 1.21. The van der Waals surface area contributed by atoms with Gasteiger partial charge in [0.05, 0.1) is 0 Å². The molecule has 0 nitrogen and oxygen atoms in total. The fourth-order valence-corrected chi connectivity index (χ4v) is 0. The fraction of sp³-hybridized carbons (Fsp3) is 0.667. The predicted octanol–water partition coefficient (Wildman–Crippen LogP) is -4.65. The van der Waals surface area contributed by atoms with Gasteiger partial charge in [-0.05, 0) is 0 Å². The summed E-state index contributed by atoms with van der Waals surface area (Å²) in [6.45, 7) is 5.50. The van der Waals surface area contributed by atoms with Crippen LogP contribution in [-0.4, -0.2) is 0 Å². The minimum absolute atomic E-state index is 0. The van der Waals surface area contributed by atoms with Gasteiger partial charge in [0.25, 0.3) is 0 Å². The molecule has 0 aliphatic heterocycles. The Bertz CT molecular complexity index is 10.8. The molecule has 0 saturated heterocycles. The number of rotatable bonds is 0. The van der Waals surface area contributed by atoms with Crippen LogP contribution in [0.4, 0.5) is 0 Å². The van der Waals surface area contributed by atoms with Crippen molar-refractivity contribution in [3.05, 3.63) is 6.92 Å². The van der Waals surface area contributed by atoms with Crippen LogP contribution in [0, 0.1) is 6.92 Å². The molecule has 0 radical (unpaired) electrons. The molecular weight excluding hydrogens is 66.0 g/mol. The molecule has 0 heterocycles. The molecule has 0 N–H and O–H groups in total. The van der Waals surface area contributed by atoms with E-state index in [1.54, 1.807) is 0 Å². The zero-order valence-corrected chi connectivity index (χ0v) is 6.41. The Morgan fingerprint density at radius 1 is 1.80 bits per heavy atom. The van der Waals surface area contributed by atoms with Gasteiger partial charge in [-0.3, -0.25) is 0 Å². The molecule has 0 aliphatic rings. The van der Waals surface area contributed by atoms with Crippen molar-refractivity contribution in [2.24, 2.45) is 0 Å². The molecular formula is C3H8LiNa. The zero-order valence-electron chi connectivity index (χ0n) is 5.41. The van der Waals surface area contributed by atoms with Gasteiger partial charge >= 0.3 is 48.4 Å². The van der Waals surface area contributed by atoms with E-state index < -0.39 is 0 Å². The van der Waals surface area contributed by atoms with E-state index in [1.807, 2.05) is 6.92 Å². The van der Waals surface area contributed by atoms with E-state index in [-0.39, 0.29) is 49.8 Å². The molecule has 0 aliphatic carbocycles. The van der Waals surface area contributed by atoms with Gasteiger partial charge in [-0.25, -0.2) is 0 Å². The normalized spacial score (nSPS) is 3.60. The van der Waals surface area contributed by atoms with E-state index in [1.165, 1.54) is 0 Å². The maximum absolute atomic E-state index is 3.49. The van der Waals surface area contributed by atoms with E-state index in [2.05, 4.69) is 6.92 Å². The van der Waals surface area contributed by atoms with Gasteiger partial charge in [0.2, 0.25) is 0 Å². The maximum Gasteiger partial charge on any atom is 1.00 e. The average Bonchev–Trinajstić information content (AvgIpc) is 0.918. The molecule has 0 rings (SSSR count). The molecule has 0 unspecified atom stereocenters. The summed E-state index contributed by atoms with van der Waals surface area (Å²) in [4.78, 5) is 0. The summed E-state index contributed by atoms with van der Waals surface area (Å²) in [6.07, 6.45) is 1.00. The molecule has 0 aromatic rings. The molecule has 0 atom stereocenters. The van der Waals surface area contributed by atoms with Gasteiger partial charge in [0, 0.05) is 0 Å². The third kappa shape index (κ3) is 28.4. The molecule has 0 spiro atoms. The van der Waals surface area contributed by atoms with Crippen molar-refractivity contribution in [2.45, 2.75) is 13.3 Å². The van der Waals surface area contributed by atoms with E-state index in [9.17, 15) is 0 Å². The van der Waals surface area contributed by atoms with Crippen LogP contribution < -0.4 is 48.4 Å². The quantitative estimate of drug-likeness (QED) is 0.200. The van der Waals surface area contributed by atoms with E-state index >= 15 is 0 Å². The predicted molar refractivity (Wildman–Crippen MR) is 16.8 cm³/mol. The van der Waals surface area contributed by atoms with Gasteiger partial charge < -0.3 is 8.35 Å². The average molecular weight is 74.0 g/mol. The molecule has 22 valence electrons. The summed E-state index contributed by atoms with van der Waals surface area (Å²) in [7, 11) is 0. The smallest absolute Gasteiger partial charge is 1.00 e. The molecule has 0 amide bonds. The first-order chi connectivity index (χ1) is 1.41. The molecule has 0 aromatic heterocycles. The first-order valence-electron chi connectivity index (χ1n) is 1.21. The molecule has 2 heteroatoms. The van der Waals surface area contributed by atoms with Gasteiger partial charge in [0.1, 0.15) is 0 Å². The van der Waals surface area contributed by atoms with Crippen LogP contribution >= 0.6 is 0 Å². The fourth-order valence-electron chi connectivity index (χ4n) is 0. The Labute approximate surface area is 69.7 Å². The Balaban J connectivity index is -0.00000000667. The Morgan fingerprint density at radius 3 is 1.80 bits per heavy atom. The van der Waals surface area contributed by atoms with E-state index in [4.69, 9.17) is 0 Å². The van der Waals surface area contributed by atoms with Crippen molar-refractivity contribution < 1.29 is 49.8 Å². The van der Waals surface area contributed by atoms with E-state index in [0.29, 0.717) is 0 Å². The van der Waals surface area contributed by atoms with Crippen LogP contribution in [0.3, 0.4) is 0 Å². The largest absolute Gasteiger partial charge is 1.00 e. The van der Waals surface area contributed by atoms with Crippen LogP contribution in [0.15, 0.2) is 0 Å². The Morgan fingerprint density at radius 2 is 1.80 bits per heavy atom. The molecule has 5 heavy (non-hydrogen) atoms. The molecule has 0 bridgehead atoms. The van der Waals surface area contributed by atoms with Crippen molar-refractivity contribution in [2.75, 3.05) is 0 Å². The summed E-state index contributed by atoms with van der Waals surface area (Å²) < 4.78 is 0. The van der Waals surface area contributed by atoms with Crippen molar-refractivity contribution in [1.82, 2.24) is 0 Å². The molecule has 0 saturated carbocycles. The molecule has 0 aromatic carbocycles. The summed E-state index contributed by atoms with van der Waals surface area (Å²) in [5.41, 5.74) is 0. The minimum atomic E-state index is 0. The van der Waals surface area contributed by atoms with Crippen LogP contribution in [0.2, 0.25) is 0 Å². The third-order valence-corrected chi connectivity index (χ3v) is 0. The van der Waals surface area contributed by atoms with Crippen molar-refractivity contribution in [3.8, 4) is 0 Å². The summed E-state index contributed by atoms with van der Waals surface area (Å²) >= 11 is 0. The monoisotopic (exact) mass is 74.1 g/mol. The first kappa shape index (κ1) is 16.0. The Kier molecular flexibility index (Phi) is 56.0. The van der Waals surface area contributed by atoms with Crippen LogP contribution in [0.1, 0.15) is 14.8 Å². The van der Waals surface area contributed by atoms with Crippen LogP contribution in [0.5, 0.6) is 0 Å². The minimum Gasteiger partial charge on any atom is -1.00 e. The van der Waals surface area contributed by atoms with E-state index in [0.717, 1.165) is 6.42 Å². The van der Waals surface area contributed by atoms with Gasteiger partial charge in [0.15, 0.2) is 0 Å². The third-order valence-electron chi connectivity index (χ3n) is 0. The summed E-state index contributed by atoms with van der Waals surface area (Å²) in [5, 5.41) is 0. The second kappa shape index (κ2) is 17.5. The number of hydrogen-bond donors (Lipinski definition) is 0. The maximum atomic E-state index is 3.49. The van der Waals surface area contributed by atoms with Crippen molar-refractivity contribution in [1.29, 1.82) is 0 Å². The second-order valence-corrected chi connectivity index (χ2v) is 0.500. The topological polar surface area (TPSA) is 0 Å². The number of hydrogen-bond acceptors (Lipinski definition) is 0. The van der Waals surface area contributed by atoms with Gasteiger partial charge in [-0.2, -0.15) is 6.42 Å². The van der Waals surface area contributed by atoms with Crippen LogP contribution in [-0.2, 0) is 0 Å². The standard InChI is InChI=1S/C3H7.Li.Na.H/c1-3-2;;;/h1,3H2,2H3;;;/q-1;2*+1;-1. The van der Waals surface area contributed by atoms with Crippen molar-refractivity contribution >= 4 is 0 Å². The van der Waals surface area contributed by atoms with Crippen LogP contribution in [0.25, 0.3) is 0 Å². The SMILES string of the molecule is [CH2-]CC.[H-].[Li+].[Na+]. The zero-order chi connectivity index (χ0) is 2.71. The Hall–Kier alpha value is 1.60. The molecule has 0 fully saturated rings. The van der Waals surface area contributed by atoms with Gasteiger partial charge in [-0.1, -0.05) is 6.92 Å². The summed E-state index contributed by atoms with van der Waals surface area (Å²) in [5.74, 6) is 0. The van der Waals surface area contributed by atoms with Gasteiger partial charge in [-0.15, -0.1) is 0 Å². The second-order valence-electron chi connectivity index (χ2n) is 0.500. The van der Waals surface area contributed by atoms with Crippen molar-refractivity contribution in [3.63, 3.8) is 0 Å². The summed E-state index contributed by atoms with van der Waals surface area (Å²) in [6, 6.07) is 0.